The van der Waals surface area contributed by atoms with E-state index in [0.717, 1.165) is 12.8 Å². The van der Waals surface area contributed by atoms with Crippen molar-refractivity contribution >= 4 is 5.97 Å². The molecule has 0 aromatic carbocycles. The molecule has 0 saturated heterocycles. The summed E-state index contributed by atoms with van der Waals surface area (Å²) in [6.45, 7) is 12.7. The average Bonchev–Trinajstić information content (AvgIpc) is 2.10. The van der Waals surface area contributed by atoms with Crippen LogP contribution >= 0.6 is 0 Å². The summed E-state index contributed by atoms with van der Waals surface area (Å²) in [5.41, 5.74) is -0.443. The van der Waals surface area contributed by atoms with E-state index in [1.54, 1.807) is 0 Å². The van der Waals surface area contributed by atoms with Gasteiger partial charge in [0.1, 0.15) is 0 Å². The Kier molecular flexibility index (Phi) is 4.82. The summed E-state index contributed by atoms with van der Waals surface area (Å²) in [6.07, 6.45) is 1.95. The SMILES string of the molecule is COC(=O)C(C)(CCC(C)C)C(C)(C)C. The summed E-state index contributed by atoms with van der Waals surface area (Å²) in [5, 5.41) is 0. The molecule has 0 aliphatic rings. The van der Waals surface area contributed by atoms with Gasteiger partial charge in [0.25, 0.3) is 0 Å². The second-order valence-electron chi connectivity index (χ2n) is 6.01. The first kappa shape index (κ1) is 14.5. The van der Waals surface area contributed by atoms with Gasteiger partial charge in [-0.25, -0.2) is 0 Å². The van der Waals surface area contributed by atoms with Gasteiger partial charge in [0.05, 0.1) is 12.5 Å². The molecule has 1 atom stereocenters. The van der Waals surface area contributed by atoms with Crippen LogP contribution < -0.4 is 0 Å². The molecule has 0 aliphatic heterocycles. The predicted molar refractivity (Wildman–Crippen MR) is 63.7 cm³/mol. The van der Waals surface area contributed by atoms with Crippen molar-refractivity contribution in [3.8, 4) is 0 Å². The molecule has 0 aromatic heterocycles. The van der Waals surface area contributed by atoms with Crippen LogP contribution in [0.1, 0.15) is 54.4 Å². The highest BCUT2D eigenvalue weighted by atomic mass is 16.5. The van der Waals surface area contributed by atoms with Crippen LogP contribution in [0.5, 0.6) is 0 Å². The summed E-state index contributed by atoms with van der Waals surface area (Å²) >= 11 is 0. The lowest BCUT2D eigenvalue weighted by Crippen LogP contribution is -2.41. The van der Waals surface area contributed by atoms with E-state index in [2.05, 4.69) is 34.6 Å². The lowest BCUT2D eigenvalue weighted by molar-refractivity contribution is -0.159. The van der Waals surface area contributed by atoms with Crippen molar-refractivity contribution in [2.24, 2.45) is 16.7 Å². The second kappa shape index (κ2) is 5.00. The smallest absolute Gasteiger partial charge is 0.312 e. The molecule has 90 valence electrons. The zero-order valence-electron chi connectivity index (χ0n) is 11.3. The molecule has 0 radical (unpaired) electrons. The van der Waals surface area contributed by atoms with Crippen molar-refractivity contribution in [1.29, 1.82) is 0 Å². The number of hydrogen-bond acceptors (Lipinski definition) is 2. The van der Waals surface area contributed by atoms with Gasteiger partial charge in [0.2, 0.25) is 0 Å². The highest BCUT2D eigenvalue weighted by Crippen LogP contribution is 2.43. The maximum absolute atomic E-state index is 11.9. The monoisotopic (exact) mass is 214 g/mol. The number of methoxy groups -OCH3 is 1. The zero-order chi connectivity index (χ0) is 12.3. The lowest BCUT2D eigenvalue weighted by Gasteiger charge is -2.39. The van der Waals surface area contributed by atoms with Crippen molar-refractivity contribution < 1.29 is 9.53 Å². The molecule has 0 saturated carbocycles. The van der Waals surface area contributed by atoms with Crippen molar-refractivity contribution in [1.82, 2.24) is 0 Å². The van der Waals surface area contributed by atoms with Gasteiger partial charge in [-0.1, -0.05) is 34.6 Å². The topological polar surface area (TPSA) is 26.3 Å². The van der Waals surface area contributed by atoms with Crippen molar-refractivity contribution in [3.05, 3.63) is 0 Å². The van der Waals surface area contributed by atoms with E-state index in [9.17, 15) is 4.79 Å². The van der Waals surface area contributed by atoms with Crippen LogP contribution in [-0.4, -0.2) is 13.1 Å². The normalized spacial score (nSPS) is 16.3. The Morgan fingerprint density at radius 2 is 1.67 bits per heavy atom. The first-order chi connectivity index (χ1) is 6.65. The van der Waals surface area contributed by atoms with Gasteiger partial charge in [0, 0.05) is 0 Å². The van der Waals surface area contributed by atoms with E-state index >= 15 is 0 Å². The summed E-state index contributed by atoms with van der Waals surface area (Å²) in [5.74, 6) is 0.534. The molecule has 2 nitrogen and oxygen atoms in total. The fourth-order valence-electron chi connectivity index (χ4n) is 1.59. The quantitative estimate of drug-likeness (QED) is 0.668. The van der Waals surface area contributed by atoms with E-state index in [-0.39, 0.29) is 16.8 Å². The van der Waals surface area contributed by atoms with Crippen LogP contribution in [0.3, 0.4) is 0 Å². The van der Waals surface area contributed by atoms with E-state index in [1.165, 1.54) is 7.11 Å². The maximum Gasteiger partial charge on any atom is 0.312 e. The number of rotatable bonds is 4. The Hall–Kier alpha value is -0.530. The second-order valence-corrected chi connectivity index (χ2v) is 6.01. The van der Waals surface area contributed by atoms with Crippen LogP contribution in [0.15, 0.2) is 0 Å². The lowest BCUT2D eigenvalue weighted by atomic mass is 9.65. The molecule has 1 unspecified atom stereocenters. The van der Waals surface area contributed by atoms with Crippen molar-refractivity contribution in [3.63, 3.8) is 0 Å². The van der Waals surface area contributed by atoms with Crippen molar-refractivity contribution in [2.45, 2.75) is 54.4 Å². The highest BCUT2D eigenvalue weighted by molar-refractivity contribution is 5.77. The third kappa shape index (κ3) is 3.51. The summed E-state index contributed by atoms with van der Waals surface area (Å²) < 4.78 is 4.94. The molecule has 2 heteroatoms. The number of carbonyl (C=O) groups is 1. The highest BCUT2D eigenvalue weighted by Gasteiger charge is 2.44. The molecule has 0 N–H and O–H groups in total. The summed E-state index contributed by atoms with van der Waals surface area (Å²) in [7, 11) is 1.47. The number of carbonyl (C=O) groups excluding carboxylic acids is 1. The molecule has 0 rings (SSSR count). The minimum absolute atomic E-state index is 0.0605. The Morgan fingerprint density at radius 3 is 1.93 bits per heavy atom. The Labute approximate surface area is 94.4 Å². The Balaban J connectivity index is 4.80. The van der Waals surface area contributed by atoms with Gasteiger partial charge < -0.3 is 4.74 Å². The maximum atomic E-state index is 11.9. The Morgan fingerprint density at radius 1 is 1.20 bits per heavy atom. The Bertz CT molecular complexity index is 213. The number of esters is 1. The first-order valence-electron chi connectivity index (χ1n) is 5.73. The molecular formula is C13H26O2. The van der Waals surface area contributed by atoms with Gasteiger partial charge in [-0.2, -0.15) is 0 Å². The minimum atomic E-state index is -0.383. The van der Waals surface area contributed by atoms with E-state index in [0.29, 0.717) is 5.92 Å². The van der Waals surface area contributed by atoms with Crippen LogP contribution in [-0.2, 0) is 9.53 Å². The fraction of sp³-hybridized carbons (Fsp3) is 0.923. The van der Waals surface area contributed by atoms with Crippen molar-refractivity contribution in [2.75, 3.05) is 7.11 Å². The summed E-state index contributed by atoms with van der Waals surface area (Å²) in [4.78, 5) is 11.9. The molecule has 0 spiro atoms. The van der Waals surface area contributed by atoms with E-state index in [1.807, 2.05) is 6.92 Å². The van der Waals surface area contributed by atoms with Crippen LogP contribution in [0.4, 0.5) is 0 Å². The number of hydrogen-bond donors (Lipinski definition) is 0. The fourth-order valence-corrected chi connectivity index (χ4v) is 1.59. The molecular weight excluding hydrogens is 188 g/mol. The third-order valence-corrected chi connectivity index (χ3v) is 3.51. The molecule has 0 bridgehead atoms. The van der Waals surface area contributed by atoms with Crippen LogP contribution in [0.2, 0.25) is 0 Å². The van der Waals surface area contributed by atoms with Gasteiger partial charge in [-0.3, -0.25) is 4.79 Å². The summed E-state index contributed by atoms with van der Waals surface area (Å²) in [6, 6.07) is 0. The molecule has 0 aromatic rings. The van der Waals surface area contributed by atoms with Crippen LogP contribution in [0.25, 0.3) is 0 Å². The standard InChI is InChI=1S/C13H26O2/c1-10(2)8-9-13(6,11(14)15-7)12(3,4)5/h10H,8-9H2,1-7H3. The largest absolute Gasteiger partial charge is 0.469 e. The predicted octanol–water partition coefficient (Wildman–Crippen LogP) is 3.65. The van der Waals surface area contributed by atoms with Gasteiger partial charge in [-0.15, -0.1) is 0 Å². The van der Waals surface area contributed by atoms with Crippen LogP contribution in [0, 0.1) is 16.7 Å². The number of ether oxygens (including phenoxy) is 1. The molecule has 0 amide bonds. The first-order valence-corrected chi connectivity index (χ1v) is 5.73. The van der Waals surface area contributed by atoms with E-state index < -0.39 is 0 Å². The van der Waals surface area contributed by atoms with Gasteiger partial charge in [-0.05, 0) is 31.1 Å². The van der Waals surface area contributed by atoms with E-state index in [4.69, 9.17) is 4.74 Å². The average molecular weight is 214 g/mol. The van der Waals surface area contributed by atoms with Gasteiger partial charge >= 0.3 is 5.97 Å². The molecule has 15 heavy (non-hydrogen) atoms. The van der Waals surface area contributed by atoms with Gasteiger partial charge in [0.15, 0.2) is 0 Å². The zero-order valence-corrected chi connectivity index (χ0v) is 11.3. The molecule has 0 fully saturated rings. The third-order valence-electron chi connectivity index (χ3n) is 3.51. The minimum Gasteiger partial charge on any atom is -0.469 e. The molecule has 0 aliphatic carbocycles. The molecule has 0 heterocycles.